The van der Waals surface area contributed by atoms with Gasteiger partial charge in [-0.25, -0.2) is 13.6 Å². The number of Topliss-reactive ketones (excluding diaryl/α,β-unsaturated/α-hetero) is 1. The van der Waals surface area contributed by atoms with Gasteiger partial charge in [-0.1, -0.05) is 13.8 Å². The molecule has 0 saturated carbocycles. The molecule has 0 fully saturated rings. The van der Waals surface area contributed by atoms with Crippen LogP contribution < -0.4 is 10.6 Å². The standard InChI is InChI=1S/C16H24F2N2O7/c1-8(2)6-10(19-12(21)4-3-5-13(22)23)15(25)20-9(7-11(17)18)14(24)16(26)27/h8-11H,3-7H2,1-2H3,(H,19,21)(H,20,25)(H,22,23)(H,26,27). The van der Waals surface area contributed by atoms with Crippen LogP contribution in [0, 0.1) is 5.92 Å². The molecule has 0 aliphatic rings. The largest absolute Gasteiger partial charge is 0.481 e. The lowest BCUT2D eigenvalue weighted by Gasteiger charge is -2.23. The summed E-state index contributed by atoms with van der Waals surface area (Å²) in [5.74, 6) is -6.30. The predicted molar refractivity (Wildman–Crippen MR) is 88.1 cm³/mol. The predicted octanol–water partition coefficient (Wildman–Crippen LogP) is 0.566. The van der Waals surface area contributed by atoms with Crippen molar-refractivity contribution in [1.29, 1.82) is 0 Å². The maximum atomic E-state index is 12.6. The van der Waals surface area contributed by atoms with Crippen LogP contribution in [0.2, 0.25) is 0 Å². The zero-order chi connectivity index (χ0) is 21.1. The Morgan fingerprint density at radius 3 is 1.93 bits per heavy atom. The summed E-state index contributed by atoms with van der Waals surface area (Å²) in [6.07, 6.45) is -4.44. The average Bonchev–Trinajstić information content (AvgIpc) is 2.51. The molecule has 0 aliphatic carbocycles. The molecule has 27 heavy (non-hydrogen) atoms. The van der Waals surface area contributed by atoms with E-state index in [2.05, 4.69) is 5.32 Å². The van der Waals surface area contributed by atoms with Gasteiger partial charge in [-0.3, -0.25) is 19.2 Å². The maximum Gasteiger partial charge on any atom is 0.374 e. The van der Waals surface area contributed by atoms with Crippen LogP contribution in [0.25, 0.3) is 0 Å². The lowest BCUT2D eigenvalue weighted by molar-refractivity contribution is -0.151. The van der Waals surface area contributed by atoms with E-state index >= 15 is 0 Å². The molecule has 0 rings (SSSR count). The van der Waals surface area contributed by atoms with E-state index < -0.39 is 54.5 Å². The number of alkyl halides is 2. The van der Waals surface area contributed by atoms with Crippen molar-refractivity contribution >= 4 is 29.5 Å². The van der Waals surface area contributed by atoms with Crippen molar-refractivity contribution < 1.29 is 43.0 Å². The zero-order valence-electron chi connectivity index (χ0n) is 15.0. The van der Waals surface area contributed by atoms with Crippen molar-refractivity contribution in [3.63, 3.8) is 0 Å². The number of nitrogens with one attached hydrogen (secondary N) is 2. The van der Waals surface area contributed by atoms with E-state index in [0.717, 1.165) is 0 Å². The van der Waals surface area contributed by atoms with E-state index in [0.29, 0.717) is 0 Å². The van der Waals surface area contributed by atoms with E-state index in [-0.39, 0.29) is 31.6 Å². The number of hydrogen-bond donors (Lipinski definition) is 4. The minimum atomic E-state index is -3.02. The number of hydrogen-bond acceptors (Lipinski definition) is 5. The van der Waals surface area contributed by atoms with E-state index in [1.807, 2.05) is 5.32 Å². The second kappa shape index (κ2) is 11.9. The summed E-state index contributed by atoms with van der Waals surface area (Å²) in [6, 6.07) is -3.10. The first-order chi connectivity index (χ1) is 12.4. The number of carbonyl (C=O) groups is 5. The van der Waals surface area contributed by atoms with Gasteiger partial charge in [-0.2, -0.15) is 0 Å². The Morgan fingerprint density at radius 1 is 0.889 bits per heavy atom. The second-order valence-electron chi connectivity index (χ2n) is 6.35. The first-order valence-electron chi connectivity index (χ1n) is 8.30. The number of amides is 2. The topological polar surface area (TPSA) is 150 Å². The highest BCUT2D eigenvalue weighted by Crippen LogP contribution is 2.10. The first-order valence-corrected chi connectivity index (χ1v) is 8.30. The molecule has 0 aromatic heterocycles. The molecule has 4 N–H and O–H groups in total. The molecule has 0 aliphatic heterocycles. The minimum Gasteiger partial charge on any atom is -0.481 e. The molecular formula is C16H24F2N2O7. The smallest absolute Gasteiger partial charge is 0.374 e. The van der Waals surface area contributed by atoms with Crippen molar-refractivity contribution in [1.82, 2.24) is 10.6 Å². The van der Waals surface area contributed by atoms with E-state index in [9.17, 15) is 32.8 Å². The van der Waals surface area contributed by atoms with Crippen molar-refractivity contribution in [3.05, 3.63) is 0 Å². The fourth-order valence-electron chi connectivity index (χ4n) is 2.20. The number of rotatable bonds is 13. The quantitative estimate of drug-likeness (QED) is 0.333. The summed E-state index contributed by atoms with van der Waals surface area (Å²) in [4.78, 5) is 56.8. The Kier molecular flexibility index (Phi) is 10.8. The van der Waals surface area contributed by atoms with Gasteiger partial charge < -0.3 is 20.8 Å². The normalized spacial score (nSPS) is 13.1. The lowest BCUT2D eigenvalue weighted by atomic mass is 10.0. The molecule has 9 nitrogen and oxygen atoms in total. The minimum absolute atomic E-state index is 0.0443. The fraction of sp³-hybridized carbons (Fsp3) is 0.688. The molecule has 0 bridgehead atoms. The molecule has 0 saturated heterocycles. The molecule has 2 atom stereocenters. The van der Waals surface area contributed by atoms with Crippen LogP contribution in [0.3, 0.4) is 0 Å². The molecule has 0 spiro atoms. The third-order valence-corrected chi connectivity index (χ3v) is 3.41. The number of aliphatic carboxylic acids is 2. The van der Waals surface area contributed by atoms with E-state index in [1.54, 1.807) is 13.8 Å². The molecule has 11 heteroatoms. The average molecular weight is 394 g/mol. The number of ketones is 1. The summed E-state index contributed by atoms with van der Waals surface area (Å²) in [6.45, 7) is 3.46. The van der Waals surface area contributed by atoms with Crippen molar-refractivity contribution in [3.8, 4) is 0 Å². The molecule has 0 heterocycles. The summed E-state index contributed by atoms with van der Waals surface area (Å²) < 4.78 is 25.1. The van der Waals surface area contributed by atoms with Crippen LogP contribution in [-0.2, 0) is 24.0 Å². The van der Waals surface area contributed by atoms with E-state index in [4.69, 9.17) is 10.2 Å². The molecule has 154 valence electrons. The molecular weight excluding hydrogens is 370 g/mol. The highest BCUT2D eigenvalue weighted by molar-refractivity contribution is 6.35. The Morgan fingerprint density at radius 2 is 1.48 bits per heavy atom. The van der Waals surface area contributed by atoms with Gasteiger partial charge in [-0.15, -0.1) is 0 Å². The third kappa shape index (κ3) is 10.9. The van der Waals surface area contributed by atoms with Crippen LogP contribution >= 0.6 is 0 Å². The molecule has 2 unspecified atom stereocenters. The molecule has 0 aromatic carbocycles. The van der Waals surface area contributed by atoms with Gasteiger partial charge in [0.15, 0.2) is 0 Å². The van der Waals surface area contributed by atoms with Gasteiger partial charge in [-0.05, 0) is 18.8 Å². The van der Waals surface area contributed by atoms with Crippen LogP contribution in [0.4, 0.5) is 8.78 Å². The van der Waals surface area contributed by atoms with Gasteiger partial charge >= 0.3 is 11.9 Å². The summed E-state index contributed by atoms with van der Waals surface area (Å²) in [5.41, 5.74) is 0. The lowest BCUT2D eigenvalue weighted by Crippen LogP contribution is -2.53. The SMILES string of the molecule is CC(C)CC(NC(=O)CCCC(=O)O)C(=O)NC(CC(F)F)C(=O)C(=O)O. The number of carbonyl (C=O) groups excluding carboxylic acids is 3. The number of carboxylic acids is 2. The van der Waals surface area contributed by atoms with Gasteiger partial charge in [0.25, 0.3) is 5.78 Å². The van der Waals surface area contributed by atoms with Gasteiger partial charge in [0, 0.05) is 19.3 Å². The van der Waals surface area contributed by atoms with Crippen molar-refractivity contribution in [2.45, 2.75) is 64.5 Å². The van der Waals surface area contributed by atoms with Crippen LogP contribution in [0.5, 0.6) is 0 Å². The number of carboxylic acid groups (broad SMARTS) is 2. The van der Waals surface area contributed by atoms with Crippen molar-refractivity contribution in [2.75, 3.05) is 0 Å². The summed E-state index contributed by atoms with van der Waals surface area (Å²) in [5, 5.41) is 21.5. The zero-order valence-corrected chi connectivity index (χ0v) is 15.0. The molecule has 2 amide bonds. The second-order valence-corrected chi connectivity index (χ2v) is 6.35. The molecule has 0 aromatic rings. The third-order valence-electron chi connectivity index (χ3n) is 3.41. The van der Waals surface area contributed by atoms with E-state index in [1.165, 1.54) is 0 Å². The highest BCUT2D eigenvalue weighted by Gasteiger charge is 2.32. The monoisotopic (exact) mass is 394 g/mol. The first kappa shape index (κ1) is 24.4. The van der Waals surface area contributed by atoms with Gasteiger partial charge in [0.2, 0.25) is 18.2 Å². The fourth-order valence-corrected chi connectivity index (χ4v) is 2.20. The van der Waals surface area contributed by atoms with Crippen LogP contribution in [-0.4, -0.2) is 58.3 Å². The summed E-state index contributed by atoms with van der Waals surface area (Å²) in [7, 11) is 0. The van der Waals surface area contributed by atoms with Gasteiger partial charge in [0.1, 0.15) is 12.1 Å². The van der Waals surface area contributed by atoms with Gasteiger partial charge in [0.05, 0.1) is 0 Å². The maximum absolute atomic E-state index is 12.6. The van der Waals surface area contributed by atoms with Crippen LogP contribution in [0.1, 0.15) is 46.0 Å². The highest BCUT2D eigenvalue weighted by atomic mass is 19.3. The number of halogens is 2. The van der Waals surface area contributed by atoms with Crippen LogP contribution in [0.15, 0.2) is 0 Å². The Labute approximate surface area is 154 Å². The Hall–Kier alpha value is -2.59. The Bertz CT molecular complexity index is 567. The Balaban J connectivity index is 5.05. The summed E-state index contributed by atoms with van der Waals surface area (Å²) >= 11 is 0. The van der Waals surface area contributed by atoms with Crippen molar-refractivity contribution in [2.24, 2.45) is 5.92 Å². The molecule has 0 radical (unpaired) electrons.